The van der Waals surface area contributed by atoms with E-state index in [4.69, 9.17) is 16.4 Å². The monoisotopic (exact) mass is 345 g/mol. The highest BCUT2D eigenvalue weighted by molar-refractivity contribution is 6.30. The van der Waals surface area contributed by atoms with Crippen LogP contribution in [0.5, 0.6) is 0 Å². The molecule has 0 aliphatic heterocycles. The number of carbonyl (C=O) groups excluding carboxylic acids is 1. The summed E-state index contributed by atoms with van der Waals surface area (Å²) in [6.45, 7) is -0.121. The van der Waals surface area contributed by atoms with Crippen LogP contribution in [0.3, 0.4) is 0 Å². The minimum absolute atomic E-state index is 0.121. The van der Waals surface area contributed by atoms with Gasteiger partial charge in [0.05, 0.1) is 16.8 Å². The lowest BCUT2D eigenvalue weighted by Gasteiger charge is -2.19. The van der Waals surface area contributed by atoms with Crippen molar-refractivity contribution in [2.75, 3.05) is 7.05 Å². The predicted molar refractivity (Wildman–Crippen MR) is 75.4 cm³/mol. The van der Waals surface area contributed by atoms with E-state index in [1.165, 1.54) is 19.3 Å². The summed E-state index contributed by atoms with van der Waals surface area (Å²) in [5.41, 5.74) is -1.24. The number of carbonyl (C=O) groups is 1. The number of hydrogen-bond acceptors (Lipinski definition) is 4. The topological polar surface area (TPSA) is 55.3 Å². The molecule has 0 N–H and O–H groups in total. The Bertz CT molecular complexity index is 710. The molecule has 0 spiro atoms. The quantitative estimate of drug-likeness (QED) is 0.797. The fourth-order valence-corrected chi connectivity index (χ4v) is 1.91. The summed E-state index contributed by atoms with van der Waals surface area (Å²) in [6.07, 6.45) is -1.39. The minimum atomic E-state index is -4.66. The summed E-state index contributed by atoms with van der Waals surface area (Å²) in [4.78, 5) is 24.8. The number of pyridine rings is 2. The molecule has 2 rings (SSSR count). The minimum Gasteiger partial charge on any atom is -0.267 e. The van der Waals surface area contributed by atoms with E-state index in [1.807, 2.05) is 0 Å². The van der Waals surface area contributed by atoms with E-state index in [0.29, 0.717) is 15.8 Å². The highest BCUT2D eigenvalue weighted by Crippen LogP contribution is 2.31. The smallest absolute Gasteiger partial charge is 0.267 e. The van der Waals surface area contributed by atoms with Crippen molar-refractivity contribution in [3.8, 4) is 0 Å². The molecule has 0 radical (unpaired) electrons. The Balaban J connectivity index is 2.11. The molecular formula is C14H11ClF3N3O2. The molecule has 9 heteroatoms. The molecule has 0 aliphatic rings. The van der Waals surface area contributed by atoms with Gasteiger partial charge in [-0.05, 0) is 18.2 Å². The van der Waals surface area contributed by atoms with Gasteiger partial charge in [-0.2, -0.15) is 13.2 Å². The molecule has 2 aromatic rings. The molecule has 122 valence electrons. The number of hydrogen-bond donors (Lipinski definition) is 0. The average Bonchev–Trinajstić information content (AvgIpc) is 2.51. The van der Waals surface area contributed by atoms with Gasteiger partial charge in [0.25, 0.3) is 5.91 Å². The fourth-order valence-electron chi connectivity index (χ4n) is 1.73. The van der Waals surface area contributed by atoms with Gasteiger partial charge in [-0.3, -0.25) is 19.6 Å². The van der Waals surface area contributed by atoms with Crippen molar-refractivity contribution in [2.24, 2.45) is 0 Å². The van der Waals surface area contributed by atoms with Crippen molar-refractivity contribution < 1.29 is 22.8 Å². The first-order valence-corrected chi connectivity index (χ1v) is 6.69. The summed E-state index contributed by atoms with van der Waals surface area (Å²) >= 11 is 5.78. The molecule has 5 nitrogen and oxygen atoms in total. The molecule has 1 amide bonds. The average molecular weight is 346 g/mol. The normalized spacial score (nSPS) is 11.3. The first-order chi connectivity index (χ1) is 10.8. The summed E-state index contributed by atoms with van der Waals surface area (Å²) in [5.74, 6) is -0.965. The molecule has 0 saturated carbocycles. The van der Waals surface area contributed by atoms with Crippen molar-refractivity contribution in [2.45, 2.75) is 12.8 Å². The van der Waals surface area contributed by atoms with Gasteiger partial charge in [0.15, 0.2) is 0 Å². The molecule has 0 saturated heterocycles. The number of halogens is 4. The van der Waals surface area contributed by atoms with E-state index in [2.05, 4.69) is 9.97 Å². The van der Waals surface area contributed by atoms with Crippen LogP contribution in [-0.2, 0) is 17.6 Å². The predicted octanol–water partition coefficient (Wildman–Crippen LogP) is 3.35. The van der Waals surface area contributed by atoms with Gasteiger partial charge in [0.1, 0.15) is 6.61 Å². The van der Waals surface area contributed by atoms with Crippen LogP contribution in [0.4, 0.5) is 13.2 Å². The highest BCUT2D eigenvalue weighted by atomic mass is 35.5. The molecule has 0 atom stereocenters. The zero-order valence-corrected chi connectivity index (χ0v) is 12.6. The van der Waals surface area contributed by atoms with Gasteiger partial charge in [-0.1, -0.05) is 11.6 Å². The van der Waals surface area contributed by atoms with Crippen molar-refractivity contribution >= 4 is 17.5 Å². The van der Waals surface area contributed by atoms with Crippen molar-refractivity contribution in [1.82, 2.24) is 15.0 Å². The standard InChI is InChI=1S/C14H11ClF3N3O2/c1-21(23-8-10-6-9(15)2-5-20-10)13(22)11-7-19-4-3-12(11)14(16,17)18/h2-7H,8H2,1H3. The van der Waals surface area contributed by atoms with Crippen molar-refractivity contribution in [3.63, 3.8) is 0 Å². The zero-order chi connectivity index (χ0) is 17.0. The van der Waals surface area contributed by atoms with Crippen LogP contribution in [0, 0.1) is 0 Å². The number of amides is 1. The van der Waals surface area contributed by atoms with Gasteiger partial charge < -0.3 is 0 Å². The van der Waals surface area contributed by atoms with Gasteiger partial charge in [0.2, 0.25) is 0 Å². The van der Waals surface area contributed by atoms with Crippen LogP contribution in [0.25, 0.3) is 0 Å². The molecule has 2 heterocycles. The molecule has 23 heavy (non-hydrogen) atoms. The second kappa shape index (κ2) is 6.93. The maximum Gasteiger partial charge on any atom is 0.417 e. The maximum absolute atomic E-state index is 12.9. The van der Waals surface area contributed by atoms with Gasteiger partial charge in [-0.15, -0.1) is 0 Å². The van der Waals surface area contributed by atoms with Crippen LogP contribution in [0.2, 0.25) is 5.02 Å². The number of aromatic nitrogens is 2. The Hall–Kier alpha value is -2.19. The molecule has 0 aromatic carbocycles. The molecule has 2 aromatic heterocycles. The van der Waals surface area contributed by atoms with E-state index in [1.54, 1.807) is 6.07 Å². The van der Waals surface area contributed by atoms with Gasteiger partial charge in [0, 0.05) is 30.7 Å². The number of nitrogens with zero attached hydrogens (tertiary/aromatic N) is 3. The second-order valence-corrected chi connectivity index (χ2v) is 4.90. The van der Waals surface area contributed by atoms with E-state index in [-0.39, 0.29) is 6.61 Å². The number of alkyl halides is 3. The Kier molecular flexibility index (Phi) is 5.17. The molecule has 0 fully saturated rings. The molecule has 0 unspecified atom stereocenters. The van der Waals surface area contributed by atoms with E-state index in [0.717, 1.165) is 18.5 Å². The fraction of sp³-hybridized carbons (Fsp3) is 0.214. The van der Waals surface area contributed by atoms with Gasteiger partial charge >= 0.3 is 6.18 Å². The largest absolute Gasteiger partial charge is 0.417 e. The van der Waals surface area contributed by atoms with E-state index < -0.39 is 23.2 Å². The highest BCUT2D eigenvalue weighted by Gasteiger charge is 2.36. The van der Waals surface area contributed by atoms with Gasteiger partial charge in [-0.25, -0.2) is 5.06 Å². The lowest BCUT2D eigenvalue weighted by molar-refractivity contribution is -0.139. The summed E-state index contributed by atoms with van der Waals surface area (Å²) in [5, 5.41) is 1.13. The Morgan fingerprint density at radius 2 is 2.09 bits per heavy atom. The van der Waals surface area contributed by atoms with Crippen LogP contribution >= 0.6 is 11.6 Å². The lowest BCUT2D eigenvalue weighted by Crippen LogP contribution is -2.29. The SMILES string of the molecule is CN(OCc1cc(Cl)ccn1)C(=O)c1cnccc1C(F)(F)F. The third kappa shape index (κ3) is 4.40. The summed E-state index contributed by atoms with van der Waals surface area (Å²) in [7, 11) is 1.21. The van der Waals surface area contributed by atoms with Crippen molar-refractivity contribution in [3.05, 3.63) is 58.6 Å². The molecule has 0 aliphatic carbocycles. The van der Waals surface area contributed by atoms with Crippen LogP contribution < -0.4 is 0 Å². The maximum atomic E-state index is 12.9. The number of hydroxylamine groups is 2. The summed E-state index contributed by atoms with van der Waals surface area (Å²) in [6, 6.07) is 3.82. The third-order valence-electron chi connectivity index (χ3n) is 2.83. The first-order valence-electron chi connectivity index (χ1n) is 6.31. The van der Waals surface area contributed by atoms with Crippen LogP contribution in [0.15, 0.2) is 36.8 Å². The second-order valence-electron chi connectivity index (χ2n) is 4.46. The molecular weight excluding hydrogens is 335 g/mol. The Labute approximate surface area is 134 Å². The van der Waals surface area contributed by atoms with Crippen molar-refractivity contribution in [1.29, 1.82) is 0 Å². The summed E-state index contributed by atoms with van der Waals surface area (Å²) < 4.78 is 38.7. The van der Waals surface area contributed by atoms with Crippen LogP contribution in [-0.4, -0.2) is 28.0 Å². The van der Waals surface area contributed by atoms with E-state index >= 15 is 0 Å². The lowest BCUT2D eigenvalue weighted by atomic mass is 10.1. The first kappa shape index (κ1) is 17.2. The van der Waals surface area contributed by atoms with Crippen LogP contribution in [0.1, 0.15) is 21.6 Å². The Morgan fingerprint density at radius 3 is 2.74 bits per heavy atom. The Morgan fingerprint density at radius 1 is 1.35 bits per heavy atom. The zero-order valence-electron chi connectivity index (χ0n) is 11.8. The number of rotatable bonds is 4. The third-order valence-corrected chi connectivity index (χ3v) is 3.06. The molecule has 0 bridgehead atoms. The van der Waals surface area contributed by atoms with E-state index in [9.17, 15) is 18.0 Å².